The molecule has 0 bridgehead atoms. The molecule has 0 saturated carbocycles. The van der Waals surface area contributed by atoms with Gasteiger partial charge in [-0.15, -0.1) is 0 Å². The lowest BCUT2D eigenvalue weighted by Crippen LogP contribution is -2.48. The van der Waals surface area contributed by atoms with Gasteiger partial charge in [0.05, 0.1) is 12.7 Å². The van der Waals surface area contributed by atoms with E-state index in [1.165, 1.54) is 6.92 Å². The third-order valence-electron chi connectivity index (χ3n) is 3.08. The molecular formula is C11H20O5. The molecular weight excluding hydrogens is 212 g/mol. The molecule has 0 aliphatic carbocycles. The van der Waals surface area contributed by atoms with Crippen LogP contribution in [-0.2, 0) is 14.3 Å². The maximum atomic E-state index is 11.8. The van der Waals surface area contributed by atoms with Gasteiger partial charge in [0.15, 0.2) is 5.41 Å². The predicted octanol–water partition coefficient (Wildman–Crippen LogP) is 1.05. The second-order valence-electron chi connectivity index (χ2n) is 3.88. The minimum absolute atomic E-state index is 0.0905. The van der Waals surface area contributed by atoms with Crippen molar-refractivity contribution in [3.8, 4) is 0 Å². The van der Waals surface area contributed by atoms with Gasteiger partial charge in [0.1, 0.15) is 0 Å². The van der Waals surface area contributed by atoms with Gasteiger partial charge in [-0.1, -0.05) is 13.8 Å². The van der Waals surface area contributed by atoms with Crippen LogP contribution in [-0.4, -0.2) is 34.9 Å². The summed E-state index contributed by atoms with van der Waals surface area (Å²) in [6.45, 7) is 6.36. The van der Waals surface area contributed by atoms with Gasteiger partial charge in [0.25, 0.3) is 0 Å². The number of carboxylic acid groups (broad SMARTS) is 1. The van der Waals surface area contributed by atoms with Crippen molar-refractivity contribution in [3.05, 3.63) is 0 Å². The van der Waals surface area contributed by atoms with Crippen molar-refractivity contribution in [3.63, 3.8) is 0 Å². The van der Waals surface area contributed by atoms with Crippen LogP contribution in [0.5, 0.6) is 0 Å². The highest BCUT2D eigenvalue weighted by atomic mass is 16.5. The SMILES string of the molecule is CCOC(=O)C(CC)(C(=O)O)C(C)C(C)O. The molecule has 0 rings (SSSR count). The molecule has 0 fully saturated rings. The fourth-order valence-electron chi connectivity index (χ4n) is 1.76. The third-order valence-corrected chi connectivity index (χ3v) is 3.08. The number of hydrogen-bond donors (Lipinski definition) is 2. The Morgan fingerprint density at radius 3 is 2.06 bits per heavy atom. The van der Waals surface area contributed by atoms with E-state index in [1.54, 1.807) is 20.8 Å². The Kier molecular flexibility index (Phi) is 5.44. The lowest BCUT2D eigenvalue weighted by molar-refractivity contribution is -0.176. The van der Waals surface area contributed by atoms with Crippen LogP contribution >= 0.6 is 0 Å². The minimum atomic E-state index is -1.66. The predicted molar refractivity (Wildman–Crippen MR) is 57.8 cm³/mol. The fourth-order valence-corrected chi connectivity index (χ4v) is 1.76. The maximum Gasteiger partial charge on any atom is 0.323 e. The molecule has 0 saturated heterocycles. The van der Waals surface area contributed by atoms with E-state index in [0.717, 1.165) is 0 Å². The van der Waals surface area contributed by atoms with Crippen molar-refractivity contribution >= 4 is 11.9 Å². The number of ether oxygens (including phenoxy) is 1. The van der Waals surface area contributed by atoms with Crippen LogP contribution in [0.25, 0.3) is 0 Å². The molecule has 0 aliphatic heterocycles. The van der Waals surface area contributed by atoms with Gasteiger partial charge >= 0.3 is 11.9 Å². The van der Waals surface area contributed by atoms with E-state index in [2.05, 4.69) is 0 Å². The Labute approximate surface area is 95.4 Å². The van der Waals surface area contributed by atoms with Crippen LogP contribution in [0, 0.1) is 11.3 Å². The van der Waals surface area contributed by atoms with Crippen LogP contribution in [0.1, 0.15) is 34.1 Å². The lowest BCUT2D eigenvalue weighted by Gasteiger charge is -2.33. The molecule has 0 amide bonds. The normalized spacial score (nSPS) is 18.3. The molecule has 0 aromatic heterocycles. The number of esters is 1. The molecule has 0 aromatic carbocycles. The highest BCUT2D eigenvalue weighted by Crippen LogP contribution is 2.35. The smallest absolute Gasteiger partial charge is 0.323 e. The molecule has 0 aromatic rings. The Hall–Kier alpha value is -1.10. The summed E-state index contributed by atoms with van der Waals surface area (Å²) in [5.74, 6) is -2.73. The summed E-state index contributed by atoms with van der Waals surface area (Å²) in [7, 11) is 0. The van der Waals surface area contributed by atoms with E-state index in [4.69, 9.17) is 4.74 Å². The summed E-state index contributed by atoms with van der Waals surface area (Å²) in [5.41, 5.74) is -1.66. The minimum Gasteiger partial charge on any atom is -0.480 e. The highest BCUT2D eigenvalue weighted by molar-refractivity contribution is 5.99. The van der Waals surface area contributed by atoms with Crippen LogP contribution in [0.3, 0.4) is 0 Å². The topological polar surface area (TPSA) is 83.8 Å². The summed E-state index contributed by atoms with van der Waals surface area (Å²) in [5, 5.41) is 18.7. The van der Waals surface area contributed by atoms with E-state index < -0.39 is 29.4 Å². The monoisotopic (exact) mass is 232 g/mol. The average molecular weight is 232 g/mol. The first-order valence-corrected chi connectivity index (χ1v) is 5.43. The maximum absolute atomic E-state index is 11.8. The van der Waals surface area contributed by atoms with Gasteiger partial charge in [0.2, 0.25) is 0 Å². The van der Waals surface area contributed by atoms with Gasteiger partial charge in [-0.3, -0.25) is 9.59 Å². The molecule has 2 N–H and O–H groups in total. The van der Waals surface area contributed by atoms with Gasteiger partial charge in [-0.25, -0.2) is 0 Å². The molecule has 5 heteroatoms. The first-order chi connectivity index (χ1) is 7.34. The van der Waals surface area contributed by atoms with Gasteiger partial charge < -0.3 is 14.9 Å². The Morgan fingerprint density at radius 1 is 1.31 bits per heavy atom. The van der Waals surface area contributed by atoms with Crippen LogP contribution in [0.4, 0.5) is 0 Å². The first-order valence-electron chi connectivity index (χ1n) is 5.43. The van der Waals surface area contributed by atoms with E-state index in [9.17, 15) is 19.8 Å². The van der Waals surface area contributed by atoms with Crippen molar-refractivity contribution in [1.82, 2.24) is 0 Å². The quantitative estimate of drug-likeness (QED) is 0.528. The number of carbonyl (C=O) groups is 2. The zero-order chi connectivity index (χ0) is 12.9. The summed E-state index contributed by atoms with van der Waals surface area (Å²) < 4.78 is 4.80. The number of hydrogen-bond acceptors (Lipinski definition) is 4. The molecule has 0 aliphatic rings. The Balaban J connectivity index is 5.31. The molecule has 94 valence electrons. The zero-order valence-corrected chi connectivity index (χ0v) is 10.2. The highest BCUT2D eigenvalue weighted by Gasteiger charge is 2.52. The molecule has 0 spiro atoms. The van der Waals surface area contributed by atoms with Gasteiger partial charge in [-0.05, 0) is 20.3 Å². The molecule has 0 radical (unpaired) electrons. The zero-order valence-electron chi connectivity index (χ0n) is 10.2. The van der Waals surface area contributed by atoms with Gasteiger partial charge in [-0.2, -0.15) is 0 Å². The van der Waals surface area contributed by atoms with E-state index in [1.807, 2.05) is 0 Å². The van der Waals surface area contributed by atoms with Crippen molar-refractivity contribution in [2.75, 3.05) is 6.61 Å². The number of carboxylic acids is 1. The summed E-state index contributed by atoms with van der Waals surface area (Å²) in [6.07, 6.45) is -0.798. The molecule has 5 nitrogen and oxygen atoms in total. The van der Waals surface area contributed by atoms with Crippen molar-refractivity contribution in [2.45, 2.75) is 40.2 Å². The van der Waals surface area contributed by atoms with E-state index in [-0.39, 0.29) is 13.0 Å². The number of rotatable bonds is 6. The summed E-state index contributed by atoms with van der Waals surface area (Å²) in [4.78, 5) is 23.1. The number of carbonyl (C=O) groups excluding carboxylic acids is 1. The molecule has 3 atom stereocenters. The molecule has 3 unspecified atom stereocenters. The van der Waals surface area contributed by atoms with Crippen LogP contribution in [0.2, 0.25) is 0 Å². The summed E-state index contributed by atoms with van der Waals surface area (Å²) >= 11 is 0. The fraction of sp³-hybridized carbons (Fsp3) is 0.818. The Morgan fingerprint density at radius 2 is 1.81 bits per heavy atom. The standard InChI is InChI=1S/C11H20O5/c1-5-11(9(13)14,7(3)8(4)12)10(15)16-6-2/h7-8,12H,5-6H2,1-4H3,(H,13,14). The second-order valence-corrected chi connectivity index (χ2v) is 3.88. The summed E-state index contributed by atoms with van der Waals surface area (Å²) in [6, 6.07) is 0. The first kappa shape index (κ1) is 14.9. The van der Waals surface area contributed by atoms with Crippen LogP contribution in [0.15, 0.2) is 0 Å². The van der Waals surface area contributed by atoms with E-state index >= 15 is 0 Å². The molecule has 0 heterocycles. The largest absolute Gasteiger partial charge is 0.480 e. The Bertz CT molecular complexity index is 261. The van der Waals surface area contributed by atoms with Gasteiger partial charge in [0, 0.05) is 5.92 Å². The number of aliphatic carboxylic acids is 1. The lowest BCUT2D eigenvalue weighted by atomic mass is 9.72. The average Bonchev–Trinajstić information content (AvgIpc) is 2.19. The van der Waals surface area contributed by atoms with Crippen molar-refractivity contribution < 1.29 is 24.5 Å². The van der Waals surface area contributed by atoms with Crippen molar-refractivity contribution in [1.29, 1.82) is 0 Å². The third kappa shape index (κ3) is 2.52. The molecule has 16 heavy (non-hydrogen) atoms. The second kappa shape index (κ2) is 5.84. The van der Waals surface area contributed by atoms with Crippen LogP contribution < -0.4 is 0 Å². The number of aliphatic hydroxyl groups is 1. The number of aliphatic hydroxyl groups excluding tert-OH is 1. The van der Waals surface area contributed by atoms with Crippen molar-refractivity contribution in [2.24, 2.45) is 11.3 Å². The van der Waals surface area contributed by atoms with E-state index in [0.29, 0.717) is 0 Å².